The first-order valence-electron chi connectivity index (χ1n) is 7.30. The van der Waals surface area contributed by atoms with Crippen molar-refractivity contribution in [3.05, 3.63) is 23.3 Å². The number of nitrogens with one attached hydrogen (secondary N) is 1. The van der Waals surface area contributed by atoms with Gasteiger partial charge in [-0.05, 0) is 31.0 Å². The first kappa shape index (κ1) is 20.5. The standard InChI is InChI=1S/C16H26N2O3.ClH/c1-5-6-7-12(10-17)18-16(19)13-9-15(21-4)14(20-3)8-11(13)2;/h8-9,12H,5-7,10,17H2,1-4H3,(H,18,19);1H. The monoisotopic (exact) mass is 330 g/mol. The van der Waals surface area contributed by atoms with Crippen LogP contribution in [0.4, 0.5) is 0 Å². The van der Waals surface area contributed by atoms with Crippen LogP contribution in [0.5, 0.6) is 11.5 Å². The molecular formula is C16H27ClN2O3. The molecule has 3 N–H and O–H groups in total. The summed E-state index contributed by atoms with van der Waals surface area (Å²) in [4.78, 5) is 12.4. The molecule has 1 aromatic carbocycles. The van der Waals surface area contributed by atoms with Gasteiger partial charge < -0.3 is 20.5 Å². The Kier molecular flexibility index (Phi) is 9.61. The van der Waals surface area contributed by atoms with E-state index >= 15 is 0 Å². The number of carbonyl (C=O) groups is 1. The van der Waals surface area contributed by atoms with Gasteiger partial charge in [0, 0.05) is 18.2 Å². The van der Waals surface area contributed by atoms with Crippen LogP contribution in [0.2, 0.25) is 0 Å². The predicted octanol–water partition coefficient (Wildman–Crippen LogP) is 2.68. The Morgan fingerprint density at radius 1 is 1.27 bits per heavy atom. The van der Waals surface area contributed by atoms with Crippen LogP contribution in [0, 0.1) is 6.92 Å². The first-order valence-corrected chi connectivity index (χ1v) is 7.30. The topological polar surface area (TPSA) is 73.6 Å². The van der Waals surface area contributed by atoms with Crippen LogP contribution in [0.15, 0.2) is 12.1 Å². The number of carbonyl (C=O) groups excluding carboxylic acids is 1. The summed E-state index contributed by atoms with van der Waals surface area (Å²) in [6.45, 7) is 4.44. The number of nitrogens with two attached hydrogens (primary N) is 1. The fourth-order valence-electron chi connectivity index (χ4n) is 2.19. The van der Waals surface area contributed by atoms with E-state index in [9.17, 15) is 4.79 Å². The number of aryl methyl sites for hydroxylation is 1. The second kappa shape index (κ2) is 10.3. The lowest BCUT2D eigenvalue weighted by molar-refractivity contribution is 0.0934. The zero-order valence-corrected chi connectivity index (χ0v) is 14.6. The van der Waals surface area contributed by atoms with Gasteiger partial charge in [-0.3, -0.25) is 4.79 Å². The zero-order valence-electron chi connectivity index (χ0n) is 13.8. The van der Waals surface area contributed by atoms with Crippen molar-refractivity contribution in [3.8, 4) is 11.5 Å². The molecule has 1 aromatic rings. The molecule has 5 nitrogen and oxygen atoms in total. The van der Waals surface area contributed by atoms with E-state index in [1.807, 2.05) is 6.92 Å². The molecule has 1 rings (SSSR count). The largest absolute Gasteiger partial charge is 0.493 e. The third kappa shape index (κ3) is 5.39. The van der Waals surface area contributed by atoms with Gasteiger partial charge in [0.15, 0.2) is 11.5 Å². The number of hydrogen-bond acceptors (Lipinski definition) is 4. The Morgan fingerprint density at radius 2 is 1.86 bits per heavy atom. The molecular weight excluding hydrogens is 304 g/mol. The van der Waals surface area contributed by atoms with Gasteiger partial charge in [0.1, 0.15) is 0 Å². The summed E-state index contributed by atoms with van der Waals surface area (Å²) >= 11 is 0. The molecule has 6 heteroatoms. The van der Waals surface area contributed by atoms with Crippen LogP contribution >= 0.6 is 12.4 Å². The second-order valence-corrected chi connectivity index (χ2v) is 5.07. The van der Waals surface area contributed by atoms with Crippen molar-refractivity contribution in [2.24, 2.45) is 5.73 Å². The van der Waals surface area contributed by atoms with Gasteiger partial charge in [0.05, 0.1) is 14.2 Å². The minimum atomic E-state index is -0.125. The lowest BCUT2D eigenvalue weighted by atomic mass is 10.1. The Balaban J connectivity index is 0.00000441. The Hall–Kier alpha value is -1.46. The molecule has 0 bridgehead atoms. The van der Waals surface area contributed by atoms with Crippen LogP contribution in [-0.2, 0) is 0 Å². The molecule has 0 aliphatic heterocycles. The average Bonchev–Trinajstić information content (AvgIpc) is 2.50. The SMILES string of the molecule is CCCCC(CN)NC(=O)c1cc(OC)c(OC)cc1C.Cl. The van der Waals surface area contributed by atoms with Gasteiger partial charge in [0.2, 0.25) is 0 Å². The molecule has 0 radical (unpaired) electrons. The normalized spacial score (nSPS) is 11.3. The van der Waals surface area contributed by atoms with Gasteiger partial charge in [-0.25, -0.2) is 0 Å². The second-order valence-electron chi connectivity index (χ2n) is 5.07. The van der Waals surface area contributed by atoms with E-state index < -0.39 is 0 Å². The third-order valence-corrected chi connectivity index (χ3v) is 3.50. The van der Waals surface area contributed by atoms with Crippen molar-refractivity contribution < 1.29 is 14.3 Å². The van der Waals surface area contributed by atoms with Crippen LogP contribution in [0.1, 0.15) is 42.1 Å². The molecule has 0 aliphatic carbocycles. The molecule has 0 heterocycles. The van der Waals surface area contributed by atoms with E-state index in [-0.39, 0.29) is 24.4 Å². The number of halogens is 1. The molecule has 1 unspecified atom stereocenters. The Bertz CT molecular complexity index is 481. The van der Waals surface area contributed by atoms with E-state index in [1.54, 1.807) is 26.4 Å². The number of hydrogen-bond donors (Lipinski definition) is 2. The van der Waals surface area contributed by atoms with Gasteiger partial charge in [0.25, 0.3) is 5.91 Å². The summed E-state index contributed by atoms with van der Waals surface area (Å²) in [7, 11) is 3.13. The molecule has 22 heavy (non-hydrogen) atoms. The van der Waals surface area contributed by atoms with E-state index in [0.717, 1.165) is 24.8 Å². The van der Waals surface area contributed by atoms with E-state index in [0.29, 0.717) is 23.6 Å². The zero-order chi connectivity index (χ0) is 15.8. The predicted molar refractivity (Wildman–Crippen MR) is 91.4 cm³/mol. The summed E-state index contributed by atoms with van der Waals surface area (Å²) in [6.07, 6.45) is 3.03. The van der Waals surface area contributed by atoms with Crippen molar-refractivity contribution in [1.82, 2.24) is 5.32 Å². The van der Waals surface area contributed by atoms with E-state index in [4.69, 9.17) is 15.2 Å². The molecule has 0 aromatic heterocycles. The van der Waals surface area contributed by atoms with Crippen LogP contribution in [0.3, 0.4) is 0 Å². The fraction of sp³-hybridized carbons (Fsp3) is 0.562. The van der Waals surface area contributed by atoms with Gasteiger partial charge in [-0.1, -0.05) is 19.8 Å². The van der Waals surface area contributed by atoms with Crippen LogP contribution < -0.4 is 20.5 Å². The first-order chi connectivity index (χ1) is 10.1. The quantitative estimate of drug-likeness (QED) is 0.768. The van der Waals surface area contributed by atoms with Crippen molar-refractivity contribution >= 4 is 18.3 Å². The number of rotatable bonds is 8. The third-order valence-electron chi connectivity index (χ3n) is 3.50. The highest BCUT2D eigenvalue weighted by molar-refractivity contribution is 5.96. The van der Waals surface area contributed by atoms with E-state index in [1.165, 1.54) is 0 Å². The molecule has 1 amide bonds. The smallest absolute Gasteiger partial charge is 0.251 e. The molecule has 0 aliphatic rings. The summed E-state index contributed by atoms with van der Waals surface area (Å²) in [6, 6.07) is 3.51. The average molecular weight is 331 g/mol. The van der Waals surface area contributed by atoms with E-state index in [2.05, 4.69) is 12.2 Å². The molecule has 0 fully saturated rings. The molecule has 1 atom stereocenters. The van der Waals surface area contributed by atoms with Crippen molar-refractivity contribution in [1.29, 1.82) is 0 Å². The molecule has 0 spiro atoms. The summed E-state index contributed by atoms with van der Waals surface area (Å²) in [5.41, 5.74) is 7.15. The number of amides is 1. The lowest BCUT2D eigenvalue weighted by Gasteiger charge is -2.18. The number of benzene rings is 1. The van der Waals surface area contributed by atoms with Gasteiger partial charge >= 0.3 is 0 Å². The van der Waals surface area contributed by atoms with Gasteiger partial charge in [-0.15, -0.1) is 12.4 Å². The van der Waals surface area contributed by atoms with Crippen LogP contribution in [0.25, 0.3) is 0 Å². The Labute approximate surface area is 139 Å². The summed E-state index contributed by atoms with van der Waals surface area (Å²) in [5.74, 6) is 1.04. The maximum absolute atomic E-state index is 12.4. The number of ether oxygens (including phenoxy) is 2. The van der Waals surface area contributed by atoms with Gasteiger partial charge in [-0.2, -0.15) is 0 Å². The molecule has 0 saturated carbocycles. The lowest BCUT2D eigenvalue weighted by Crippen LogP contribution is -2.40. The summed E-state index contributed by atoms with van der Waals surface area (Å²) in [5, 5.41) is 2.99. The highest BCUT2D eigenvalue weighted by Crippen LogP contribution is 2.30. The minimum absolute atomic E-state index is 0. The maximum atomic E-state index is 12.4. The molecule has 126 valence electrons. The highest BCUT2D eigenvalue weighted by atomic mass is 35.5. The van der Waals surface area contributed by atoms with Crippen LogP contribution in [-0.4, -0.2) is 32.7 Å². The van der Waals surface area contributed by atoms with Crippen molar-refractivity contribution in [3.63, 3.8) is 0 Å². The van der Waals surface area contributed by atoms with Crippen molar-refractivity contribution in [2.75, 3.05) is 20.8 Å². The molecule has 0 saturated heterocycles. The highest BCUT2D eigenvalue weighted by Gasteiger charge is 2.17. The number of unbranched alkanes of at least 4 members (excludes halogenated alkanes) is 1. The summed E-state index contributed by atoms with van der Waals surface area (Å²) < 4.78 is 10.5. The van der Waals surface area contributed by atoms with Crippen molar-refractivity contribution in [2.45, 2.75) is 39.2 Å². The Morgan fingerprint density at radius 3 is 2.36 bits per heavy atom. The maximum Gasteiger partial charge on any atom is 0.251 e. The number of methoxy groups -OCH3 is 2. The minimum Gasteiger partial charge on any atom is -0.493 e. The fourth-order valence-corrected chi connectivity index (χ4v) is 2.19.